The van der Waals surface area contributed by atoms with Gasteiger partial charge in [0.25, 0.3) is 0 Å². The second-order valence-electron chi connectivity index (χ2n) is 4.11. The summed E-state index contributed by atoms with van der Waals surface area (Å²) in [5, 5.41) is 1.06. The lowest BCUT2D eigenvalue weighted by Gasteiger charge is -2.26. The highest BCUT2D eigenvalue weighted by molar-refractivity contribution is 5.76. The van der Waals surface area contributed by atoms with Crippen LogP contribution in [0.2, 0.25) is 0 Å². The van der Waals surface area contributed by atoms with E-state index in [9.17, 15) is 9.59 Å². The number of ether oxygens (including phenoxy) is 1. The first-order chi connectivity index (χ1) is 6.76. The molecule has 0 fully saturated rings. The Labute approximate surface area is 89.7 Å². The zero-order chi connectivity index (χ0) is 12.1. The Morgan fingerprint density at radius 3 is 2.27 bits per heavy atom. The molecule has 3 amide bonds. The Kier molecular flexibility index (Phi) is 4.90. The maximum Gasteiger partial charge on any atom is 0.429 e. The average Bonchev–Trinajstić information content (AvgIpc) is 1.99. The molecule has 6 heteroatoms. The first-order valence-corrected chi connectivity index (χ1v) is 4.83. The minimum Gasteiger partial charge on any atom is -0.442 e. The lowest BCUT2D eigenvalue weighted by atomic mass is 10.2. The molecule has 0 unspecified atom stereocenters. The second-order valence-corrected chi connectivity index (χ2v) is 4.11. The molecule has 0 aliphatic carbocycles. The number of nitrogens with zero attached hydrogens (tertiary/aromatic N) is 1. The molecule has 0 atom stereocenters. The molecule has 0 radical (unpaired) electrons. The summed E-state index contributed by atoms with van der Waals surface area (Å²) in [5.74, 6) is 0. The number of urea groups is 1. The molecule has 0 aliphatic heterocycles. The summed E-state index contributed by atoms with van der Waals surface area (Å²) in [7, 11) is 0. The summed E-state index contributed by atoms with van der Waals surface area (Å²) in [4.78, 5) is 22.1. The van der Waals surface area contributed by atoms with Crippen molar-refractivity contribution in [1.29, 1.82) is 0 Å². The van der Waals surface area contributed by atoms with Crippen molar-refractivity contribution in [2.45, 2.75) is 39.7 Å². The summed E-state index contributed by atoms with van der Waals surface area (Å²) in [6.45, 7) is 7.48. The lowest BCUT2D eigenvalue weighted by molar-refractivity contribution is 0.0172. The van der Waals surface area contributed by atoms with Gasteiger partial charge in [-0.2, -0.15) is 0 Å². The highest BCUT2D eigenvalue weighted by atomic mass is 16.6. The van der Waals surface area contributed by atoms with Gasteiger partial charge in [0.15, 0.2) is 0 Å². The fourth-order valence-corrected chi connectivity index (χ4v) is 0.866. The van der Waals surface area contributed by atoms with Gasteiger partial charge in [-0.15, -0.1) is 0 Å². The third-order valence-corrected chi connectivity index (χ3v) is 1.31. The molecule has 0 aromatic rings. The molecular formula is C9H19N3O3. The van der Waals surface area contributed by atoms with Gasteiger partial charge in [-0.3, -0.25) is 0 Å². The topological polar surface area (TPSA) is 84.7 Å². The first kappa shape index (κ1) is 13.5. The molecule has 0 saturated heterocycles. The number of hydrazine groups is 1. The number of carbonyl (C=O) groups is 2. The summed E-state index contributed by atoms with van der Waals surface area (Å²) in [5.41, 5.74) is 6.53. The standard InChI is InChI=1S/C9H19N3O3/c1-5-6-12(11-7(10)13)8(14)15-9(2,3)4/h5-6H2,1-4H3,(H3,10,11,13). The van der Waals surface area contributed by atoms with E-state index in [1.807, 2.05) is 6.92 Å². The number of primary amides is 1. The van der Waals surface area contributed by atoms with Crippen molar-refractivity contribution in [3.8, 4) is 0 Å². The van der Waals surface area contributed by atoms with Crippen LogP contribution in [0.3, 0.4) is 0 Å². The molecule has 0 aromatic heterocycles. The zero-order valence-corrected chi connectivity index (χ0v) is 9.66. The molecule has 0 spiro atoms. The SMILES string of the molecule is CCCN(NC(N)=O)C(=O)OC(C)(C)C. The van der Waals surface area contributed by atoms with Crippen molar-refractivity contribution in [3.05, 3.63) is 0 Å². The van der Waals surface area contributed by atoms with E-state index in [1.165, 1.54) is 0 Å². The highest BCUT2D eigenvalue weighted by Gasteiger charge is 2.22. The molecule has 0 aromatic carbocycles. The molecule has 3 N–H and O–H groups in total. The minimum atomic E-state index is -0.783. The van der Waals surface area contributed by atoms with Crippen molar-refractivity contribution in [2.24, 2.45) is 5.73 Å². The predicted molar refractivity (Wildman–Crippen MR) is 56.0 cm³/mol. The van der Waals surface area contributed by atoms with Crippen LogP contribution in [0.4, 0.5) is 9.59 Å². The van der Waals surface area contributed by atoms with Crippen LogP contribution in [0, 0.1) is 0 Å². The molecule has 0 saturated carbocycles. The summed E-state index contributed by atoms with van der Waals surface area (Å²) < 4.78 is 5.07. The highest BCUT2D eigenvalue weighted by Crippen LogP contribution is 2.09. The fraction of sp³-hybridized carbons (Fsp3) is 0.778. The van der Waals surface area contributed by atoms with Gasteiger partial charge in [0.1, 0.15) is 5.60 Å². The Morgan fingerprint density at radius 1 is 1.40 bits per heavy atom. The third kappa shape index (κ3) is 6.59. The van der Waals surface area contributed by atoms with Crippen LogP contribution in [0.15, 0.2) is 0 Å². The van der Waals surface area contributed by atoms with E-state index in [0.29, 0.717) is 13.0 Å². The largest absolute Gasteiger partial charge is 0.442 e. The van der Waals surface area contributed by atoms with Gasteiger partial charge in [-0.05, 0) is 27.2 Å². The van der Waals surface area contributed by atoms with Crippen molar-refractivity contribution in [3.63, 3.8) is 0 Å². The van der Waals surface area contributed by atoms with Crippen molar-refractivity contribution < 1.29 is 14.3 Å². The van der Waals surface area contributed by atoms with Crippen molar-refractivity contribution in [1.82, 2.24) is 10.4 Å². The van der Waals surface area contributed by atoms with Gasteiger partial charge >= 0.3 is 12.1 Å². The van der Waals surface area contributed by atoms with Crippen LogP contribution in [-0.4, -0.2) is 29.3 Å². The van der Waals surface area contributed by atoms with E-state index in [0.717, 1.165) is 5.01 Å². The van der Waals surface area contributed by atoms with E-state index in [1.54, 1.807) is 20.8 Å². The van der Waals surface area contributed by atoms with Gasteiger partial charge in [-0.25, -0.2) is 20.0 Å². The Hall–Kier alpha value is -1.46. The third-order valence-electron chi connectivity index (χ3n) is 1.31. The number of hydrogen-bond acceptors (Lipinski definition) is 3. The van der Waals surface area contributed by atoms with Crippen LogP contribution in [0.5, 0.6) is 0 Å². The lowest BCUT2D eigenvalue weighted by Crippen LogP contribution is -2.50. The Balaban J connectivity index is 4.35. The summed E-state index contributed by atoms with van der Waals surface area (Å²) in [6, 6.07) is -0.783. The molecule has 88 valence electrons. The molecule has 0 heterocycles. The summed E-state index contributed by atoms with van der Waals surface area (Å²) >= 11 is 0. The first-order valence-electron chi connectivity index (χ1n) is 4.83. The summed E-state index contributed by atoms with van der Waals surface area (Å²) in [6.07, 6.45) is 0.0858. The van der Waals surface area contributed by atoms with Crippen LogP contribution >= 0.6 is 0 Å². The van der Waals surface area contributed by atoms with Crippen LogP contribution < -0.4 is 11.2 Å². The van der Waals surface area contributed by atoms with Crippen LogP contribution in [0.25, 0.3) is 0 Å². The monoisotopic (exact) mass is 217 g/mol. The normalized spacial score (nSPS) is 10.7. The van der Waals surface area contributed by atoms with Gasteiger partial charge < -0.3 is 10.5 Å². The maximum atomic E-state index is 11.5. The quantitative estimate of drug-likeness (QED) is 0.682. The van der Waals surface area contributed by atoms with Gasteiger partial charge in [0.05, 0.1) is 0 Å². The Bertz CT molecular complexity index is 235. The van der Waals surface area contributed by atoms with Crippen LogP contribution in [-0.2, 0) is 4.74 Å². The second kappa shape index (κ2) is 5.43. The number of nitrogens with one attached hydrogen (secondary N) is 1. The zero-order valence-electron chi connectivity index (χ0n) is 9.66. The number of carbonyl (C=O) groups excluding carboxylic acids is 2. The van der Waals surface area contributed by atoms with E-state index >= 15 is 0 Å². The molecular weight excluding hydrogens is 198 g/mol. The van der Waals surface area contributed by atoms with E-state index in [-0.39, 0.29) is 0 Å². The molecule has 0 aliphatic rings. The number of nitrogens with two attached hydrogens (primary N) is 1. The van der Waals surface area contributed by atoms with Crippen molar-refractivity contribution in [2.75, 3.05) is 6.54 Å². The maximum absolute atomic E-state index is 11.5. The number of rotatable bonds is 2. The molecule has 15 heavy (non-hydrogen) atoms. The van der Waals surface area contributed by atoms with Gasteiger partial charge in [0, 0.05) is 6.54 Å². The fourth-order valence-electron chi connectivity index (χ4n) is 0.866. The van der Waals surface area contributed by atoms with E-state index in [2.05, 4.69) is 5.43 Å². The molecule has 0 rings (SSSR count). The molecule has 6 nitrogen and oxygen atoms in total. The van der Waals surface area contributed by atoms with Gasteiger partial charge in [-0.1, -0.05) is 6.92 Å². The smallest absolute Gasteiger partial charge is 0.429 e. The number of hydrogen-bond donors (Lipinski definition) is 2. The molecule has 0 bridgehead atoms. The van der Waals surface area contributed by atoms with E-state index in [4.69, 9.17) is 10.5 Å². The number of amides is 3. The minimum absolute atomic E-state index is 0.359. The van der Waals surface area contributed by atoms with Crippen LogP contribution in [0.1, 0.15) is 34.1 Å². The van der Waals surface area contributed by atoms with Gasteiger partial charge in [0.2, 0.25) is 0 Å². The van der Waals surface area contributed by atoms with E-state index < -0.39 is 17.7 Å². The van der Waals surface area contributed by atoms with Crippen molar-refractivity contribution >= 4 is 12.1 Å². The Morgan fingerprint density at radius 2 is 1.93 bits per heavy atom. The predicted octanol–water partition coefficient (Wildman–Crippen LogP) is 1.22. The average molecular weight is 217 g/mol.